The molecule has 0 heterocycles. The van der Waals surface area contributed by atoms with E-state index in [1.54, 1.807) is 12.1 Å². The molecule has 0 unspecified atom stereocenters. The zero-order valence-electron chi connectivity index (χ0n) is 24.7. The van der Waals surface area contributed by atoms with Crippen molar-refractivity contribution in [3.05, 3.63) is 77.4 Å². The van der Waals surface area contributed by atoms with Gasteiger partial charge in [-0.1, -0.05) is 43.3 Å². The molecule has 0 N–H and O–H groups in total. The number of alkyl halides is 8. The second kappa shape index (κ2) is 13.9. The standard InChI is InChI=1S/C33H36F10O2/c1-2-3-4-5-21-6-8-24(9-7-21)32(40,41)44-26-16-14-23(15-17-26)31(38,39)30(36,37)22-10-12-25(13-11-22)33(42,43)45-27-18-19-28(34)29(35)20-27/h3-4,6-9,18-20,22-23,25-26H,2,5,10-17H2,1H3/b4-3-. The maximum Gasteiger partial charge on any atom is 0.400 e. The van der Waals surface area contributed by atoms with Gasteiger partial charge in [-0.15, -0.1) is 0 Å². The molecule has 12 heteroatoms. The predicted octanol–water partition coefficient (Wildman–Crippen LogP) is 10.8. The van der Waals surface area contributed by atoms with Crippen molar-refractivity contribution in [1.29, 1.82) is 0 Å². The summed E-state index contributed by atoms with van der Waals surface area (Å²) in [6.45, 7) is 1.97. The fourth-order valence-electron chi connectivity index (χ4n) is 6.16. The minimum absolute atomic E-state index is 0.272. The minimum Gasteiger partial charge on any atom is -0.432 e. The molecular formula is C33H36F10O2. The van der Waals surface area contributed by atoms with Gasteiger partial charge in [-0.3, -0.25) is 0 Å². The maximum atomic E-state index is 15.3. The molecule has 0 radical (unpaired) electrons. The molecule has 2 nitrogen and oxygen atoms in total. The number of halogens is 10. The van der Waals surface area contributed by atoms with Gasteiger partial charge in [0.25, 0.3) is 0 Å². The van der Waals surface area contributed by atoms with Crippen LogP contribution in [-0.4, -0.2) is 24.1 Å². The highest BCUT2D eigenvalue weighted by Crippen LogP contribution is 2.54. The molecule has 2 aliphatic carbocycles. The van der Waals surface area contributed by atoms with Gasteiger partial charge in [-0.25, -0.2) is 8.78 Å². The Morgan fingerprint density at radius 1 is 0.667 bits per heavy atom. The highest BCUT2D eigenvalue weighted by molar-refractivity contribution is 5.26. The lowest BCUT2D eigenvalue weighted by Gasteiger charge is -2.43. The molecule has 2 aliphatic rings. The van der Waals surface area contributed by atoms with Crippen LogP contribution in [0, 0.1) is 29.4 Å². The van der Waals surface area contributed by atoms with Crippen molar-refractivity contribution in [2.24, 2.45) is 17.8 Å². The Morgan fingerprint density at radius 2 is 1.20 bits per heavy atom. The molecule has 0 saturated heterocycles. The van der Waals surface area contributed by atoms with Gasteiger partial charge in [0, 0.05) is 17.9 Å². The molecule has 2 aromatic carbocycles. The average molecular weight is 655 g/mol. The summed E-state index contributed by atoms with van der Waals surface area (Å²) in [7, 11) is 0. The first-order valence-corrected chi connectivity index (χ1v) is 15.1. The van der Waals surface area contributed by atoms with E-state index in [2.05, 4.69) is 4.74 Å². The quantitative estimate of drug-likeness (QED) is 0.168. The van der Waals surface area contributed by atoms with Gasteiger partial charge in [0.05, 0.1) is 17.6 Å². The maximum absolute atomic E-state index is 15.3. The molecule has 2 aromatic rings. The van der Waals surface area contributed by atoms with Crippen LogP contribution in [-0.2, 0) is 17.3 Å². The van der Waals surface area contributed by atoms with Crippen LogP contribution in [0.25, 0.3) is 0 Å². The first kappa shape index (κ1) is 35.1. The molecule has 45 heavy (non-hydrogen) atoms. The number of hydrogen-bond donors (Lipinski definition) is 0. The van der Waals surface area contributed by atoms with Crippen LogP contribution in [0.15, 0.2) is 54.6 Å². The van der Waals surface area contributed by atoms with Crippen molar-refractivity contribution in [3.63, 3.8) is 0 Å². The van der Waals surface area contributed by atoms with E-state index in [1.165, 1.54) is 12.1 Å². The second-order valence-electron chi connectivity index (χ2n) is 11.9. The van der Waals surface area contributed by atoms with Crippen LogP contribution < -0.4 is 4.74 Å². The fourth-order valence-corrected chi connectivity index (χ4v) is 6.16. The third-order valence-corrected chi connectivity index (χ3v) is 8.85. The Hall–Kier alpha value is -2.76. The van der Waals surface area contributed by atoms with E-state index in [1.807, 2.05) is 19.1 Å². The van der Waals surface area contributed by atoms with E-state index in [9.17, 15) is 26.3 Å². The van der Waals surface area contributed by atoms with E-state index < -0.39 is 109 Å². The highest BCUT2D eigenvalue weighted by Gasteiger charge is 2.65. The SMILES string of the molecule is CC/C=C\Cc1ccc(C(F)(F)OC2CCC(C(F)(F)C(F)(F)C3CCC(C(F)(F)Oc4ccc(F)c(F)c4)CC3)CC2)cc1. The third kappa shape index (κ3) is 8.16. The first-order chi connectivity index (χ1) is 21.1. The van der Waals surface area contributed by atoms with Crippen LogP contribution in [0.3, 0.4) is 0 Å². The van der Waals surface area contributed by atoms with Crippen molar-refractivity contribution in [3.8, 4) is 5.75 Å². The first-order valence-electron chi connectivity index (χ1n) is 15.1. The van der Waals surface area contributed by atoms with E-state index >= 15 is 17.6 Å². The van der Waals surface area contributed by atoms with Gasteiger partial charge in [0.2, 0.25) is 0 Å². The van der Waals surface area contributed by atoms with E-state index in [0.717, 1.165) is 18.1 Å². The van der Waals surface area contributed by atoms with E-state index in [0.29, 0.717) is 18.6 Å². The zero-order chi connectivity index (χ0) is 33.0. The molecule has 0 bridgehead atoms. The van der Waals surface area contributed by atoms with Crippen LogP contribution in [0.5, 0.6) is 5.75 Å². The summed E-state index contributed by atoms with van der Waals surface area (Å²) >= 11 is 0. The van der Waals surface area contributed by atoms with Gasteiger partial charge >= 0.3 is 24.1 Å². The molecule has 2 saturated carbocycles. The molecule has 250 valence electrons. The number of benzene rings is 2. The van der Waals surface area contributed by atoms with Crippen molar-refractivity contribution < 1.29 is 53.4 Å². The summed E-state index contributed by atoms with van der Waals surface area (Å²) in [6.07, 6.45) is -7.32. The molecule has 0 aliphatic heterocycles. The third-order valence-electron chi connectivity index (χ3n) is 8.85. The summed E-state index contributed by atoms with van der Waals surface area (Å²) in [5.74, 6) is -17.7. The molecule has 0 amide bonds. The summed E-state index contributed by atoms with van der Waals surface area (Å²) in [5, 5.41) is 0. The van der Waals surface area contributed by atoms with Gasteiger partial charge in [0.15, 0.2) is 11.6 Å². The lowest BCUT2D eigenvalue weighted by Crippen LogP contribution is -2.53. The van der Waals surface area contributed by atoms with Crippen LogP contribution in [0.4, 0.5) is 43.9 Å². The fraction of sp³-hybridized carbons (Fsp3) is 0.576. The van der Waals surface area contributed by atoms with Crippen LogP contribution in [0.2, 0.25) is 0 Å². The molecular weight excluding hydrogens is 618 g/mol. The summed E-state index contributed by atoms with van der Waals surface area (Å²) in [4.78, 5) is 0. The number of rotatable bonds is 12. The Balaban J connectivity index is 1.30. The summed E-state index contributed by atoms with van der Waals surface area (Å²) in [6, 6.07) is 7.36. The Labute approximate surface area is 255 Å². The highest BCUT2D eigenvalue weighted by atomic mass is 19.3. The van der Waals surface area contributed by atoms with Gasteiger partial charge in [-0.2, -0.15) is 35.1 Å². The van der Waals surface area contributed by atoms with Gasteiger partial charge in [0.1, 0.15) is 5.75 Å². The average Bonchev–Trinajstić information content (AvgIpc) is 2.99. The van der Waals surface area contributed by atoms with E-state index in [4.69, 9.17) is 4.74 Å². The van der Waals surface area contributed by atoms with Crippen molar-refractivity contribution in [2.75, 3.05) is 0 Å². The monoisotopic (exact) mass is 654 g/mol. The molecule has 0 aromatic heterocycles. The van der Waals surface area contributed by atoms with Crippen molar-refractivity contribution in [1.82, 2.24) is 0 Å². The van der Waals surface area contributed by atoms with E-state index in [-0.39, 0.29) is 12.8 Å². The topological polar surface area (TPSA) is 18.5 Å². The summed E-state index contributed by atoms with van der Waals surface area (Å²) < 4.78 is 156. The Kier molecular flexibility index (Phi) is 10.9. The summed E-state index contributed by atoms with van der Waals surface area (Å²) in [5.41, 5.74) is 0.418. The smallest absolute Gasteiger partial charge is 0.400 e. The second-order valence-corrected chi connectivity index (χ2v) is 11.9. The van der Waals surface area contributed by atoms with Crippen LogP contribution >= 0.6 is 0 Å². The molecule has 0 atom stereocenters. The normalized spacial score (nSPS) is 23.8. The number of ether oxygens (including phenoxy) is 2. The Bertz CT molecular complexity index is 1280. The zero-order valence-corrected chi connectivity index (χ0v) is 24.7. The van der Waals surface area contributed by atoms with Crippen LogP contribution in [0.1, 0.15) is 75.8 Å². The largest absolute Gasteiger partial charge is 0.432 e. The lowest BCUT2D eigenvalue weighted by atomic mass is 9.72. The predicted molar refractivity (Wildman–Crippen MR) is 148 cm³/mol. The number of hydrogen-bond acceptors (Lipinski definition) is 2. The molecule has 2 fully saturated rings. The number of allylic oxidation sites excluding steroid dienone is 2. The molecule has 4 rings (SSSR count). The lowest BCUT2D eigenvalue weighted by molar-refractivity contribution is -0.293. The van der Waals surface area contributed by atoms with Gasteiger partial charge < -0.3 is 9.47 Å². The van der Waals surface area contributed by atoms with Crippen molar-refractivity contribution in [2.45, 2.75) is 101 Å². The minimum atomic E-state index is -4.52. The van der Waals surface area contributed by atoms with Gasteiger partial charge in [-0.05, 0) is 81.9 Å². The van der Waals surface area contributed by atoms with Crippen molar-refractivity contribution >= 4 is 0 Å². The molecule has 0 spiro atoms. The Morgan fingerprint density at radius 3 is 1.73 bits per heavy atom.